The molecule has 0 saturated carbocycles. The maximum Gasteiger partial charge on any atom is 0.422 e. The van der Waals surface area contributed by atoms with Crippen LogP contribution in [0.4, 0.5) is 13.2 Å². The molecule has 4 rings (SSSR count). The van der Waals surface area contributed by atoms with Gasteiger partial charge in [0.15, 0.2) is 5.78 Å². The molecule has 11 heteroatoms. The van der Waals surface area contributed by atoms with E-state index in [0.29, 0.717) is 24.0 Å². The Morgan fingerprint density at radius 3 is 2.30 bits per heavy atom. The van der Waals surface area contributed by atoms with Crippen molar-refractivity contribution in [2.75, 3.05) is 0 Å². The Morgan fingerprint density at radius 1 is 0.946 bits per heavy atom. The van der Waals surface area contributed by atoms with Gasteiger partial charge in [-0.3, -0.25) is 9.59 Å². The minimum Gasteiger partial charge on any atom is -0.381 e. The molecule has 0 saturated heterocycles. The number of aliphatic hydroxyl groups excluding tert-OH is 1. The molecule has 4 aromatic rings. The molecule has 0 radical (unpaired) electrons. The lowest BCUT2D eigenvalue weighted by Gasteiger charge is -2.10. The van der Waals surface area contributed by atoms with E-state index in [4.69, 9.17) is 9.05 Å². The molecule has 192 valence electrons. The molecule has 37 heavy (non-hydrogen) atoms. The zero-order chi connectivity index (χ0) is 26.6. The molecule has 0 amide bonds. The van der Waals surface area contributed by atoms with Crippen molar-refractivity contribution in [3.63, 3.8) is 0 Å². The van der Waals surface area contributed by atoms with Gasteiger partial charge in [-0.2, -0.15) is 18.2 Å². The van der Waals surface area contributed by atoms with Crippen molar-refractivity contribution in [1.29, 1.82) is 0 Å². The lowest BCUT2D eigenvalue weighted by Crippen LogP contribution is -2.12. The number of alkyl halides is 3. The van der Waals surface area contributed by atoms with Gasteiger partial charge in [-0.25, -0.2) is 0 Å². The average Bonchev–Trinajstić information content (AvgIpc) is 3.56. The molecular weight excluding hydrogens is 491 g/mol. The van der Waals surface area contributed by atoms with Crippen LogP contribution in [-0.4, -0.2) is 32.0 Å². The number of aliphatic hydroxyl groups is 1. The van der Waals surface area contributed by atoms with Crippen LogP contribution in [0.3, 0.4) is 0 Å². The summed E-state index contributed by atoms with van der Waals surface area (Å²) in [7, 11) is 0. The Labute approximate surface area is 209 Å². The van der Waals surface area contributed by atoms with Gasteiger partial charge in [-0.1, -0.05) is 71.8 Å². The molecule has 0 aliphatic heterocycles. The minimum atomic E-state index is -4.80. The second-order valence-electron chi connectivity index (χ2n) is 8.26. The van der Waals surface area contributed by atoms with Crippen LogP contribution in [0.5, 0.6) is 0 Å². The molecule has 1 N–H and O–H groups in total. The van der Waals surface area contributed by atoms with Gasteiger partial charge in [-0.05, 0) is 12.0 Å². The number of carbonyl (C=O) groups excluding carboxylic acids is 2. The third-order valence-electron chi connectivity index (χ3n) is 5.71. The van der Waals surface area contributed by atoms with Crippen LogP contribution < -0.4 is 0 Å². The number of nitrogens with zero attached hydrogens (tertiary/aromatic N) is 3. The summed E-state index contributed by atoms with van der Waals surface area (Å²) in [4.78, 5) is 27.6. The van der Waals surface area contributed by atoms with Gasteiger partial charge in [0, 0.05) is 30.4 Å². The molecule has 2 heterocycles. The first-order valence-corrected chi connectivity index (χ1v) is 11.5. The molecule has 1 unspecified atom stereocenters. The zero-order valence-electron chi connectivity index (χ0n) is 19.7. The highest BCUT2D eigenvalue weighted by atomic mass is 19.4. The van der Waals surface area contributed by atoms with E-state index in [1.807, 2.05) is 0 Å². The van der Waals surface area contributed by atoms with Crippen LogP contribution in [0.25, 0.3) is 34.3 Å². The summed E-state index contributed by atoms with van der Waals surface area (Å²) in [6, 6.07) is 13.7. The first kappa shape index (κ1) is 26.0. The smallest absolute Gasteiger partial charge is 0.381 e. The molecule has 0 aliphatic rings. The highest BCUT2D eigenvalue weighted by Crippen LogP contribution is 2.43. The number of carbonyl (C=O) groups is 2. The van der Waals surface area contributed by atoms with Gasteiger partial charge in [0.05, 0.1) is 0 Å². The second kappa shape index (κ2) is 10.9. The summed E-state index contributed by atoms with van der Waals surface area (Å²) in [5, 5.41) is 17.7. The Kier molecular flexibility index (Phi) is 7.63. The van der Waals surface area contributed by atoms with E-state index < -0.39 is 41.0 Å². The van der Waals surface area contributed by atoms with Crippen LogP contribution >= 0.6 is 0 Å². The molecule has 0 aliphatic carbocycles. The summed E-state index contributed by atoms with van der Waals surface area (Å²) in [5.41, 5.74) is -0.619. The van der Waals surface area contributed by atoms with Gasteiger partial charge in [0.1, 0.15) is 23.1 Å². The number of rotatable bonds is 10. The molecule has 0 fully saturated rings. The van der Waals surface area contributed by atoms with E-state index in [1.165, 1.54) is 36.4 Å². The van der Waals surface area contributed by atoms with Crippen LogP contribution in [0.15, 0.2) is 63.6 Å². The van der Waals surface area contributed by atoms with Crippen molar-refractivity contribution in [3.8, 4) is 34.3 Å². The largest absolute Gasteiger partial charge is 0.422 e. The molecule has 2 aromatic heterocycles. The van der Waals surface area contributed by atoms with Gasteiger partial charge >= 0.3 is 6.18 Å². The molecule has 8 nitrogen and oxygen atoms in total. The molecule has 1 atom stereocenters. The Bertz CT molecular complexity index is 1380. The molecule has 2 aromatic carbocycles. The molecular formula is C26H22F3N3O5. The number of hydrogen-bond donors (Lipinski definition) is 1. The van der Waals surface area contributed by atoms with Gasteiger partial charge in [-0.15, -0.1) is 0 Å². The molecule has 0 bridgehead atoms. The van der Waals surface area contributed by atoms with E-state index in [-0.39, 0.29) is 30.0 Å². The first-order valence-electron chi connectivity index (χ1n) is 11.5. The predicted molar refractivity (Wildman–Crippen MR) is 125 cm³/mol. The monoisotopic (exact) mass is 513 g/mol. The first-order chi connectivity index (χ1) is 17.7. The number of ketones is 2. The summed E-state index contributed by atoms with van der Waals surface area (Å²) in [6.07, 6.45) is -5.07. The summed E-state index contributed by atoms with van der Waals surface area (Å²) in [5.74, 6) is -1.60. The van der Waals surface area contributed by atoms with Crippen molar-refractivity contribution in [3.05, 3.63) is 65.7 Å². The van der Waals surface area contributed by atoms with Crippen LogP contribution in [0.1, 0.15) is 49.8 Å². The lowest BCUT2D eigenvalue weighted by molar-refractivity contribution is -0.137. The quantitative estimate of drug-likeness (QED) is 0.281. The summed E-state index contributed by atoms with van der Waals surface area (Å²) >= 11 is 0. The number of Topliss-reactive ketones (excluding diaryl/α,β-unsaturated/α-hetero) is 2. The van der Waals surface area contributed by atoms with Gasteiger partial charge in [0.25, 0.3) is 5.89 Å². The topological polar surface area (TPSA) is 119 Å². The Balaban J connectivity index is 1.53. The average molecular weight is 513 g/mol. The number of benzene rings is 2. The Hall–Kier alpha value is -4.12. The SMILES string of the molecule is CCC(=O)CCCC(=O)C(O)c1ccc(-c2noc(-c3onc(-c4ccccc4)c3C(F)(F)F)n2)cc1. The van der Waals surface area contributed by atoms with Crippen LogP contribution in [-0.2, 0) is 15.8 Å². The minimum absolute atomic E-state index is 0.0220. The summed E-state index contributed by atoms with van der Waals surface area (Å²) < 4.78 is 51.8. The van der Waals surface area contributed by atoms with Gasteiger partial charge < -0.3 is 14.2 Å². The van der Waals surface area contributed by atoms with Crippen molar-refractivity contribution in [1.82, 2.24) is 15.3 Å². The zero-order valence-corrected chi connectivity index (χ0v) is 19.7. The van der Waals surface area contributed by atoms with E-state index >= 15 is 0 Å². The third-order valence-corrected chi connectivity index (χ3v) is 5.71. The maximum atomic E-state index is 13.9. The van der Waals surface area contributed by atoms with Crippen molar-refractivity contribution >= 4 is 11.6 Å². The van der Waals surface area contributed by atoms with E-state index in [2.05, 4.69) is 15.3 Å². The fourth-order valence-corrected chi connectivity index (χ4v) is 3.70. The normalized spacial score (nSPS) is 12.5. The Morgan fingerprint density at radius 2 is 1.65 bits per heavy atom. The number of aromatic nitrogens is 3. The third kappa shape index (κ3) is 5.83. The lowest BCUT2D eigenvalue weighted by atomic mass is 9.99. The van der Waals surface area contributed by atoms with E-state index in [1.54, 1.807) is 25.1 Å². The highest BCUT2D eigenvalue weighted by Gasteiger charge is 2.43. The molecule has 0 spiro atoms. The van der Waals surface area contributed by atoms with Crippen molar-refractivity contribution in [2.24, 2.45) is 0 Å². The van der Waals surface area contributed by atoms with Crippen LogP contribution in [0, 0.1) is 0 Å². The van der Waals surface area contributed by atoms with E-state index in [9.17, 15) is 27.9 Å². The van der Waals surface area contributed by atoms with E-state index in [0.717, 1.165) is 0 Å². The fourth-order valence-electron chi connectivity index (χ4n) is 3.70. The maximum absolute atomic E-state index is 13.9. The predicted octanol–water partition coefficient (Wildman–Crippen LogP) is 5.83. The number of hydrogen-bond acceptors (Lipinski definition) is 8. The summed E-state index contributed by atoms with van der Waals surface area (Å²) in [6.45, 7) is 1.75. The van der Waals surface area contributed by atoms with Crippen molar-refractivity contribution < 1.29 is 36.9 Å². The van der Waals surface area contributed by atoms with Crippen LogP contribution in [0.2, 0.25) is 0 Å². The van der Waals surface area contributed by atoms with Gasteiger partial charge in [0.2, 0.25) is 11.6 Å². The van der Waals surface area contributed by atoms with Crippen molar-refractivity contribution in [2.45, 2.75) is 44.9 Å². The number of halogens is 3. The standard InChI is InChI=1S/C26H22F3N3O5/c1-2-18(33)9-6-10-19(34)22(35)16-11-13-17(14-12-16)24-30-25(37-32-24)23-20(26(27,28)29)21(31-36-23)15-7-4-3-5-8-15/h3-5,7-8,11-14,22,35H,2,6,9-10H2,1H3. The fraction of sp³-hybridized carbons (Fsp3) is 0.269. The second-order valence-corrected chi connectivity index (χ2v) is 8.26. The highest BCUT2D eigenvalue weighted by molar-refractivity contribution is 5.85.